The van der Waals surface area contributed by atoms with Gasteiger partial charge in [-0.1, -0.05) is 12.1 Å². The predicted molar refractivity (Wildman–Crippen MR) is 108 cm³/mol. The smallest absolute Gasteiger partial charge is 0.261 e. The molecule has 0 saturated carbocycles. The molecule has 0 aliphatic carbocycles. The zero-order valence-corrected chi connectivity index (χ0v) is 17.0. The Hall–Kier alpha value is -2.29. The van der Waals surface area contributed by atoms with Crippen LogP contribution < -0.4 is 20.5 Å². The van der Waals surface area contributed by atoms with Crippen molar-refractivity contribution < 1.29 is 17.9 Å². The van der Waals surface area contributed by atoms with Crippen LogP contribution in [0.15, 0.2) is 53.4 Å². The van der Waals surface area contributed by atoms with Gasteiger partial charge in [0.15, 0.2) is 0 Å². The molecule has 2 aromatic carbocycles. The minimum Gasteiger partial charge on any atom is -0.497 e. The predicted octanol–water partition coefficient (Wildman–Crippen LogP) is 2.38. The number of sulfonamides is 1. The van der Waals surface area contributed by atoms with Crippen LogP contribution in [-0.2, 0) is 10.0 Å². The van der Waals surface area contributed by atoms with E-state index in [1.54, 1.807) is 44.2 Å². The molecule has 0 atom stereocenters. The second-order valence-electron chi connectivity index (χ2n) is 6.50. The first-order chi connectivity index (χ1) is 12.1. The Labute approximate surface area is 165 Å². The molecule has 4 N–H and O–H groups in total. The Morgan fingerprint density at radius 1 is 1.11 bits per heavy atom. The van der Waals surface area contributed by atoms with Crippen LogP contribution in [0.4, 0.5) is 5.69 Å². The topological polar surface area (TPSA) is 111 Å². The fourth-order valence-electron chi connectivity index (χ4n) is 2.13. The molecule has 148 valence electrons. The second kappa shape index (κ2) is 9.07. The third-order valence-corrected chi connectivity index (χ3v) is 4.87. The lowest BCUT2D eigenvalue weighted by Gasteiger charge is -2.19. The Bertz CT molecular complexity index is 878. The summed E-state index contributed by atoms with van der Waals surface area (Å²) in [5.41, 5.74) is 5.70. The first-order valence-electron chi connectivity index (χ1n) is 7.95. The van der Waals surface area contributed by atoms with Crippen LogP contribution in [0.2, 0.25) is 0 Å². The number of rotatable bonds is 7. The number of anilines is 1. The number of hydrogen-bond acceptors (Lipinski definition) is 5. The van der Waals surface area contributed by atoms with Gasteiger partial charge in [-0.15, -0.1) is 12.4 Å². The standard InChI is InChI=1S/C18H23N3O4S.ClH/c1-18(2,19)12-20-17(22)15-6-4-5-7-16(15)21-26(23,24)14-10-8-13(25-3)9-11-14;/h4-11,21H,12,19H2,1-3H3,(H,20,22);1H. The van der Waals surface area contributed by atoms with Gasteiger partial charge in [0, 0.05) is 12.1 Å². The number of nitrogens with two attached hydrogens (primary N) is 1. The van der Waals surface area contributed by atoms with E-state index >= 15 is 0 Å². The normalized spacial score (nSPS) is 11.3. The third kappa shape index (κ3) is 6.42. The summed E-state index contributed by atoms with van der Waals surface area (Å²) in [5.74, 6) is 0.143. The molecule has 1 amide bonds. The Balaban J connectivity index is 0.00000364. The van der Waals surface area contributed by atoms with E-state index in [9.17, 15) is 13.2 Å². The van der Waals surface area contributed by atoms with Gasteiger partial charge in [-0.2, -0.15) is 0 Å². The van der Waals surface area contributed by atoms with Gasteiger partial charge in [0.05, 0.1) is 23.3 Å². The van der Waals surface area contributed by atoms with Crippen LogP contribution in [0, 0.1) is 0 Å². The quantitative estimate of drug-likeness (QED) is 0.645. The van der Waals surface area contributed by atoms with Gasteiger partial charge < -0.3 is 15.8 Å². The molecule has 0 unspecified atom stereocenters. The molecule has 0 aliphatic heterocycles. The number of benzene rings is 2. The van der Waals surface area contributed by atoms with E-state index in [0.717, 1.165) is 0 Å². The summed E-state index contributed by atoms with van der Waals surface area (Å²) in [5, 5.41) is 2.70. The van der Waals surface area contributed by atoms with Crippen LogP contribution >= 0.6 is 12.4 Å². The molecule has 27 heavy (non-hydrogen) atoms. The summed E-state index contributed by atoms with van der Waals surface area (Å²) in [7, 11) is -2.35. The minimum absolute atomic E-state index is 0. The van der Waals surface area contributed by atoms with Crippen molar-refractivity contribution >= 4 is 34.0 Å². The molecular formula is C18H24ClN3O4S. The van der Waals surface area contributed by atoms with Crippen LogP contribution in [0.25, 0.3) is 0 Å². The van der Waals surface area contributed by atoms with Gasteiger partial charge in [-0.3, -0.25) is 9.52 Å². The highest BCUT2D eigenvalue weighted by Crippen LogP contribution is 2.22. The third-order valence-electron chi connectivity index (χ3n) is 3.49. The van der Waals surface area contributed by atoms with E-state index in [-0.39, 0.29) is 35.1 Å². The van der Waals surface area contributed by atoms with E-state index in [1.165, 1.54) is 25.3 Å². The monoisotopic (exact) mass is 413 g/mol. The number of hydrogen-bond donors (Lipinski definition) is 3. The summed E-state index contributed by atoms with van der Waals surface area (Å²) in [6.45, 7) is 3.82. The maximum Gasteiger partial charge on any atom is 0.261 e. The van der Waals surface area contributed by atoms with Crippen molar-refractivity contribution in [3.05, 3.63) is 54.1 Å². The summed E-state index contributed by atoms with van der Waals surface area (Å²) in [6.07, 6.45) is 0. The Morgan fingerprint density at radius 2 is 1.70 bits per heavy atom. The number of para-hydroxylation sites is 1. The largest absolute Gasteiger partial charge is 0.497 e. The lowest BCUT2D eigenvalue weighted by Crippen LogP contribution is -2.45. The molecule has 0 fully saturated rings. The lowest BCUT2D eigenvalue weighted by atomic mass is 10.1. The second-order valence-corrected chi connectivity index (χ2v) is 8.18. The van der Waals surface area contributed by atoms with Crippen LogP contribution in [0.5, 0.6) is 5.75 Å². The van der Waals surface area contributed by atoms with E-state index in [1.807, 2.05) is 0 Å². The molecule has 0 radical (unpaired) electrons. The molecular weight excluding hydrogens is 390 g/mol. The van der Waals surface area contributed by atoms with Crippen molar-refractivity contribution in [1.29, 1.82) is 0 Å². The molecule has 0 saturated heterocycles. The number of halogens is 1. The van der Waals surface area contributed by atoms with Gasteiger partial charge in [0.2, 0.25) is 0 Å². The fourth-order valence-corrected chi connectivity index (χ4v) is 3.21. The zero-order chi connectivity index (χ0) is 19.4. The van der Waals surface area contributed by atoms with Gasteiger partial charge in [0.25, 0.3) is 15.9 Å². The lowest BCUT2D eigenvalue weighted by molar-refractivity contribution is 0.0947. The number of carbonyl (C=O) groups is 1. The molecule has 0 aromatic heterocycles. The zero-order valence-electron chi connectivity index (χ0n) is 15.4. The van der Waals surface area contributed by atoms with Gasteiger partial charge in [0.1, 0.15) is 5.75 Å². The first kappa shape index (κ1) is 22.8. The number of methoxy groups -OCH3 is 1. The number of amides is 1. The number of ether oxygens (including phenoxy) is 1. The maximum absolute atomic E-state index is 12.6. The highest BCUT2D eigenvalue weighted by molar-refractivity contribution is 7.92. The Kier molecular flexibility index (Phi) is 7.65. The van der Waals surface area contributed by atoms with Crippen molar-refractivity contribution in [2.24, 2.45) is 5.73 Å². The summed E-state index contributed by atoms with van der Waals surface area (Å²) in [6, 6.07) is 12.4. The molecule has 0 spiro atoms. The van der Waals surface area contributed by atoms with Gasteiger partial charge in [-0.25, -0.2) is 8.42 Å². The summed E-state index contributed by atoms with van der Waals surface area (Å²) in [4.78, 5) is 12.5. The van der Waals surface area contributed by atoms with Crippen LogP contribution in [-0.4, -0.2) is 33.5 Å². The summed E-state index contributed by atoms with van der Waals surface area (Å²) < 4.78 is 32.7. The fraction of sp³-hybridized carbons (Fsp3) is 0.278. The molecule has 0 aliphatic rings. The maximum atomic E-state index is 12.6. The summed E-state index contributed by atoms with van der Waals surface area (Å²) >= 11 is 0. The number of carbonyl (C=O) groups excluding carboxylic acids is 1. The SMILES string of the molecule is COc1ccc(S(=O)(=O)Nc2ccccc2C(=O)NCC(C)(C)N)cc1.Cl. The van der Waals surface area contributed by atoms with Crippen molar-refractivity contribution in [2.45, 2.75) is 24.3 Å². The molecule has 0 heterocycles. The van der Waals surface area contributed by atoms with E-state index in [4.69, 9.17) is 10.5 Å². The van der Waals surface area contributed by atoms with Gasteiger partial charge in [-0.05, 0) is 50.2 Å². The van der Waals surface area contributed by atoms with Gasteiger partial charge >= 0.3 is 0 Å². The van der Waals surface area contributed by atoms with Crippen molar-refractivity contribution in [2.75, 3.05) is 18.4 Å². The molecule has 2 rings (SSSR count). The minimum atomic E-state index is -3.85. The van der Waals surface area contributed by atoms with E-state index in [2.05, 4.69) is 10.0 Å². The molecule has 2 aromatic rings. The van der Waals surface area contributed by atoms with Crippen molar-refractivity contribution in [1.82, 2.24) is 5.32 Å². The Morgan fingerprint density at radius 3 is 2.26 bits per heavy atom. The average molecular weight is 414 g/mol. The van der Waals surface area contributed by atoms with Crippen molar-refractivity contribution in [3.63, 3.8) is 0 Å². The number of nitrogens with one attached hydrogen (secondary N) is 2. The van der Waals surface area contributed by atoms with Crippen molar-refractivity contribution in [3.8, 4) is 5.75 Å². The first-order valence-corrected chi connectivity index (χ1v) is 9.44. The van der Waals surface area contributed by atoms with Crippen LogP contribution in [0.1, 0.15) is 24.2 Å². The van der Waals surface area contributed by atoms with E-state index in [0.29, 0.717) is 5.75 Å². The molecule has 0 bridgehead atoms. The van der Waals surface area contributed by atoms with Crippen LogP contribution in [0.3, 0.4) is 0 Å². The van der Waals surface area contributed by atoms with E-state index < -0.39 is 21.5 Å². The molecule has 9 heteroatoms. The average Bonchev–Trinajstić information content (AvgIpc) is 2.59. The highest BCUT2D eigenvalue weighted by Gasteiger charge is 2.20. The highest BCUT2D eigenvalue weighted by atomic mass is 35.5. The molecule has 7 nitrogen and oxygen atoms in total.